The number of ketones is 1. The van der Waals surface area contributed by atoms with Crippen molar-refractivity contribution in [1.29, 1.82) is 0 Å². The van der Waals surface area contributed by atoms with Crippen LogP contribution in [0.2, 0.25) is 0 Å². The molecule has 10 heteroatoms. The molecule has 1 aromatic carbocycles. The zero-order valence-corrected chi connectivity index (χ0v) is 18.7. The van der Waals surface area contributed by atoms with Gasteiger partial charge in [0.1, 0.15) is 12.6 Å². The number of amides is 4. The standard InChI is InChI=1S/C21H23BrN2O7/c1-23-18(26)5-4-17(21(23)29)24-19(27)15-3-2-13(11-16(15)20(24)28)10-14(25)12-31-9-8-30-7-6-22/h2-3,11,17H,4-10,12H2,1H3. The number of fused-ring (bicyclic) bond motifs is 1. The summed E-state index contributed by atoms with van der Waals surface area (Å²) in [6.45, 7) is 1.18. The average molecular weight is 495 g/mol. The molecule has 2 aliphatic rings. The molecule has 0 N–H and O–H groups in total. The highest BCUT2D eigenvalue weighted by molar-refractivity contribution is 9.09. The molecule has 1 saturated heterocycles. The number of alkyl halides is 1. The molecular weight excluding hydrogens is 472 g/mol. The van der Waals surface area contributed by atoms with Gasteiger partial charge in [-0.2, -0.15) is 0 Å². The maximum atomic E-state index is 12.9. The van der Waals surface area contributed by atoms with Crippen molar-refractivity contribution in [3.8, 4) is 0 Å². The first-order valence-electron chi connectivity index (χ1n) is 9.89. The van der Waals surface area contributed by atoms with Gasteiger partial charge in [-0.3, -0.25) is 33.8 Å². The number of rotatable bonds is 10. The predicted octanol–water partition coefficient (Wildman–Crippen LogP) is 0.970. The van der Waals surface area contributed by atoms with E-state index < -0.39 is 23.8 Å². The molecule has 0 saturated carbocycles. The molecule has 2 aliphatic heterocycles. The van der Waals surface area contributed by atoms with Gasteiger partial charge in [-0.05, 0) is 24.1 Å². The van der Waals surface area contributed by atoms with Crippen molar-refractivity contribution < 1.29 is 33.4 Å². The molecule has 9 nitrogen and oxygen atoms in total. The van der Waals surface area contributed by atoms with Crippen molar-refractivity contribution in [3.63, 3.8) is 0 Å². The van der Waals surface area contributed by atoms with E-state index in [1.54, 1.807) is 6.07 Å². The molecule has 0 spiro atoms. The molecule has 2 heterocycles. The number of piperidine rings is 1. The molecule has 0 aromatic heterocycles. The van der Waals surface area contributed by atoms with Gasteiger partial charge < -0.3 is 9.47 Å². The summed E-state index contributed by atoms with van der Waals surface area (Å²) in [5, 5.41) is 0.729. The van der Waals surface area contributed by atoms with Crippen LogP contribution in [0.3, 0.4) is 0 Å². The molecule has 0 bridgehead atoms. The van der Waals surface area contributed by atoms with Crippen LogP contribution < -0.4 is 0 Å². The Bertz CT molecular complexity index is 917. The Balaban J connectivity index is 1.63. The van der Waals surface area contributed by atoms with E-state index in [0.29, 0.717) is 25.4 Å². The molecule has 1 unspecified atom stereocenters. The largest absolute Gasteiger partial charge is 0.378 e. The number of imide groups is 2. The molecule has 1 atom stereocenters. The Morgan fingerprint density at radius 3 is 2.52 bits per heavy atom. The maximum absolute atomic E-state index is 12.9. The third-order valence-electron chi connectivity index (χ3n) is 5.17. The van der Waals surface area contributed by atoms with Crippen LogP contribution in [-0.4, -0.2) is 84.1 Å². The number of benzene rings is 1. The third kappa shape index (κ3) is 5.08. The van der Waals surface area contributed by atoms with E-state index in [4.69, 9.17) is 9.47 Å². The van der Waals surface area contributed by atoms with Crippen molar-refractivity contribution >= 4 is 45.3 Å². The quantitative estimate of drug-likeness (QED) is 0.270. The van der Waals surface area contributed by atoms with Crippen molar-refractivity contribution in [3.05, 3.63) is 34.9 Å². The fourth-order valence-electron chi connectivity index (χ4n) is 3.58. The molecule has 4 amide bonds. The lowest BCUT2D eigenvalue weighted by Crippen LogP contribution is -2.54. The summed E-state index contributed by atoms with van der Waals surface area (Å²) >= 11 is 3.24. The monoisotopic (exact) mass is 494 g/mol. The lowest BCUT2D eigenvalue weighted by molar-refractivity contribution is -0.149. The van der Waals surface area contributed by atoms with Crippen molar-refractivity contribution in [2.75, 3.05) is 38.8 Å². The minimum Gasteiger partial charge on any atom is -0.378 e. The first-order chi connectivity index (χ1) is 14.8. The molecule has 0 radical (unpaired) electrons. The lowest BCUT2D eigenvalue weighted by atomic mass is 10.0. The number of ether oxygens (including phenoxy) is 2. The number of hydrogen-bond acceptors (Lipinski definition) is 7. The highest BCUT2D eigenvalue weighted by Crippen LogP contribution is 2.29. The first-order valence-corrected chi connectivity index (χ1v) is 11.0. The van der Waals surface area contributed by atoms with Crippen LogP contribution in [0.1, 0.15) is 39.1 Å². The molecular formula is C21H23BrN2O7. The Labute approximate surface area is 187 Å². The number of halogens is 1. The summed E-state index contributed by atoms with van der Waals surface area (Å²) in [4.78, 5) is 63.8. The van der Waals surface area contributed by atoms with Crippen molar-refractivity contribution in [2.24, 2.45) is 0 Å². The van der Waals surface area contributed by atoms with Gasteiger partial charge in [-0.15, -0.1) is 0 Å². The number of carbonyl (C=O) groups excluding carboxylic acids is 5. The van der Waals surface area contributed by atoms with E-state index in [0.717, 1.165) is 15.1 Å². The van der Waals surface area contributed by atoms with Gasteiger partial charge in [0.05, 0.1) is 30.9 Å². The average Bonchev–Trinajstić information content (AvgIpc) is 2.99. The van der Waals surface area contributed by atoms with Crippen LogP contribution in [0.25, 0.3) is 0 Å². The fraction of sp³-hybridized carbons (Fsp3) is 0.476. The molecule has 166 valence electrons. The Kier molecular flexibility index (Phi) is 7.69. The highest BCUT2D eigenvalue weighted by Gasteiger charge is 2.46. The smallest absolute Gasteiger partial charge is 0.262 e. The number of likely N-dealkylation sites (N-methyl/N-ethyl adjacent to an activating group) is 1. The van der Waals surface area contributed by atoms with Gasteiger partial charge in [0, 0.05) is 25.2 Å². The van der Waals surface area contributed by atoms with E-state index in [2.05, 4.69) is 15.9 Å². The van der Waals surface area contributed by atoms with Crippen molar-refractivity contribution in [1.82, 2.24) is 9.80 Å². The third-order valence-corrected chi connectivity index (χ3v) is 5.50. The van der Waals surface area contributed by atoms with E-state index in [1.807, 2.05) is 0 Å². The van der Waals surface area contributed by atoms with Crippen LogP contribution >= 0.6 is 15.9 Å². The summed E-state index contributed by atoms with van der Waals surface area (Å²) in [7, 11) is 1.34. The van der Waals surface area contributed by atoms with Crippen LogP contribution in [0, 0.1) is 0 Å². The zero-order valence-electron chi connectivity index (χ0n) is 17.1. The van der Waals surface area contributed by atoms with Crippen LogP contribution in [0.15, 0.2) is 18.2 Å². The number of carbonyl (C=O) groups is 5. The second-order valence-corrected chi connectivity index (χ2v) is 8.07. The Hall–Kier alpha value is -2.43. The van der Waals surface area contributed by atoms with Crippen LogP contribution in [-0.2, 0) is 30.3 Å². The number of Topliss-reactive ketones (excluding diaryl/α,β-unsaturated/α-hetero) is 1. The van der Waals surface area contributed by atoms with E-state index in [1.165, 1.54) is 19.2 Å². The van der Waals surface area contributed by atoms with Gasteiger partial charge in [-0.25, -0.2) is 0 Å². The maximum Gasteiger partial charge on any atom is 0.262 e. The van der Waals surface area contributed by atoms with Gasteiger partial charge in [0.25, 0.3) is 17.7 Å². The summed E-state index contributed by atoms with van der Waals surface area (Å²) in [6.07, 6.45) is 0.243. The summed E-state index contributed by atoms with van der Waals surface area (Å²) < 4.78 is 10.5. The first kappa shape index (κ1) is 23.2. The van der Waals surface area contributed by atoms with Gasteiger partial charge in [-0.1, -0.05) is 22.0 Å². The minimum atomic E-state index is -1.000. The van der Waals surface area contributed by atoms with Gasteiger partial charge in [0.2, 0.25) is 5.91 Å². The lowest BCUT2D eigenvalue weighted by Gasteiger charge is -2.32. The molecule has 3 rings (SSSR count). The fourth-order valence-corrected chi connectivity index (χ4v) is 3.81. The second-order valence-electron chi connectivity index (χ2n) is 7.28. The van der Waals surface area contributed by atoms with E-state index >= 15 is 0 Å². The van der Waals surface area contributed by atoms with Gasteiger partial charge in [0.15, 0.2) is 5.78 Å². The predicted molar refractivity (Wildman–Crippen MR) is 112 cm³/mol. The second kappa shape index (κ2) is 10.3. The normalized spacial score (nSPS) is 18.7. The summed E-state index contributed by atoms with van der Waals surface area (Å²) in [5.74, 6) is -2.23. The van der Waals surface area contributed by atoms with Gasteiger partial charge >= 0.3 is 0 Å². The van der Waals surface area contributed by atoms with Crippen LogP contribution in [0.4, 0.5) is 0 Å². The number of nitrogens with zero attached hydrogens (tertiary/aromatic N) is 2. The minimum absolute atomic E-state index is 0.0522. The summed E-state index contributed by atoms with van der Waals surface area (Å²) in [6, 6.07) is 3.62. The molecule has 1 fully saturated rings. The SMILES string of the molecule is CN1C(=O)CCC(N2C(=O)c3ccc(CC(=O)COCCOCCBr)cc3C2=O)C1=O. The molecule has 0 aliphatic carbocycles. The molecule has 1 aromatic rings. The number of likely N-dealkylation sites (tertiary alicyclic amines) is 1. The van der Waals surface area contributed by atoms with E-state index in [9.17, 15) is 24.0 Å². The number of hydrogen-bond donors (Lipinski definition) is 0. The Morgan fingerprint density at radius 1 is 1.06 bits per heavy atom. The topological polar surface area (TPSA) is 110 Å². The zero-order chi connectivity index (χ0) is 22.5. The summed E-state index contributed by atoms with van der Waals surface area (Å²) in [5.41, 5.74) is 0.925. The van der Waals surface area contributed by atoms with E-state index in [-0.39, 0.29) is 48.7 Å². The highest BCUT2D eigenvalue weighted by atomic mass is 79.9. The van der Waals surface area contributed by atoms with Crippen LogP contribution in [0.5, 0.6) is 0 Å². The van der Waals surface area contributed by atoms with Crippen molar-refractivity contribution in [2.45, 2.75) is 25.3 Å². The molecule has 31 heavy (non-hydrogen) atoms. The Morgan fingerprint density at radius 2 is 1.77 bits per heavy atom.